The lowest BCUT2D eigenvalue weighted by Gasteiger charge is -2.24. The Morgan fingerprint density at radius 3 is 2.74 bits per heavy atom. The summed E-state index contributed by atoms with van der Waals surface area (Å²) in [5.41, 5.74) is 0.167. The van der Waals surface area contributed by atoms with Gasteiger partial charge in [0.05, 0.1) is 10.4 Å². The van der Waals surface area contributed by atoms with Crippen LogP contribution < -0.4 is 5.32 Å². The lowest BCUT2D eigenvalue weighted by atomic mass is 9.84. The first-order valence-corrected chi connectivity index (χ1v) is 8.28. The SMILES string of the molecule is CC(C)(C(=O)NCCc1nc(C(=O)O)cs1)c1cccc(Cl)c1. The quantitative estimate of drug-likeness (QED) is 0.837. The molecule has 0 unspecified atom stereocenters. The third-order valence-corrected chi connectivity index (χ3v) is 4.65. The zero-order chi connectivity index (χ0) is 17.0. The molecule has 0 atom stereocenters. The van der Waals surface area contributed by atoms with E-state index in [9.17, 15) is 9.59 Å². The average molecular weight is 353 g/mol. The van der Waals surface area contributed by atoms with Gasteiger partial charge < -0.3 is 10.4 Å². The highest BCUT2D eigenvalue weighted by atomic mass is 35.5. The number of halogens is 1. The molecule has 0 aliphatic heterocycles. The first kappa shape index (κ1) is 17.4. The lowest BCUT2D eigenvalue weighted by molar-refractivity contribution is -0.125. The molecular formula is C16H17ClN2O3S. The first-order valence-electron chi connectivity index (χ1n) is 7.03. The van der Waals surface area contributed by atoms with Crippen LogP contribution in [0.1, 0.15) is 34.9 Å². The third-order valence-electron chi connectivity index (χ3n) is 3.51. The van der Waals surface area contributed by atoms with E-state index in [0.717, 1.165) is 5.56 Å². The number of rotatable bonds is 6. The van der Waals surface area contributed by atoms with E-state index >= 15 is 0 Å². The number of thiazole rings is 1. The number of aromatic carboxylic acids is 1. The van der Waals surface area contributed by atoms with Gasteiger partial charge in [-0.3, -0.25) is 4.79 Å². The third kappa shape index (κ3) is 4.30. The van der Waals surface area contributed by atoms with Gasteiger partial charge in [-0.05, 0) is 31.5 Å². The van der Waals surface area contributed by atoms with Crippen molar-refractivity contribution in [2.45, 2.75) is 25.7 Å². The summed E-state index contributed by atoms with van der Waals surface area (Å²) >= 11 is 7.26. The Morgan fingerprint density at radius 2 is 2.13 bits per heavy atom. The molecule has 7 heteroatoms. The van der Waals surface area contributed by atoms with E-state index in [2.05, 4.69) is 10.3 Å². The largest absolute Gasteiger partial charge is 0.476 e. The van der Waals surface area contributed by atoms with Gasteiger partial charge in [0, 0.05) is 23.4 Å². The number of carboxylic acid groups (broad SMARTS) is 1. The zero-order valence-corrected chi connectivity index (χ0v) is 14.4. The maximum atomic E-state index is 12.4. The van der Waals surface area contributed by atoms with Crippen LogP contribution in [0, 0.1) is 0 Å². The molecule has 5 nitrogen and oxygen atoms in total. The minimum absolute atomic E-state index is 0.0376. The zero-order valence-electron chi connectivity index (χ0n) is 12.8. The molecule has 2 N–H and O–H groups in total. The number of benzene rings is 1. The van der Waals surface area contributed by atoms with Crippen molar-refractivity contribution >= 4 is 34.8 Å². The van der Waals surface area contributed by atoms with Crippen molar-refractivity contribution in [3.05, 3.63) is 50.9 Å². The van der Waals surface area contributed by atoms with E-state index in [-0.39, 0.29) is 11.6 Å². The maximum Gasteiger partial charge on any atom is 0.355 e. The summed E-state index contributed by atoms with van der Waals surface area (Å²) < 4.78 is 0. The second-order valence-corrected chi connectivity index (χ2v) is 6.95. The van der Waals surface area contributed by atoms with Crippen LogP contribution >= 0.6 is 22.9 Å². The highest BCUT2D eigenvalue weighted by molar-refractivity contribution is 7.09. The van der Waals surface area contributed by atoms with Crippen molar-refractivity contribution < 1.29 is 14.7 Å². The van der Waals surface area contributed by atoms with Crippen molar-refractivity contribution in [1.82, 2.24) is 10.3 Å². The van der Waals surface area contributed by atoms with Gasteiger partial charge in [-0.25, -0.2) is 9.78 Å². The summed E-state index contributed by atoms with van der Waals surface area (Å²) in [5, 5.41) is 14.5. The summed E-state index contributed by atoms with van der Waals surface area (Å²) in [6.45, 7) is 4.06. The molecule has 23 heavy (non-hydrogen) atoms. The molecule has 0 bridgehead atoms. The van der Waals surface area contributed by atoms with Crippen molar-refractivity contribution in [2.24, 2.45) is 0 Å². The van der Waals surface area contributed by atoms with Gasteiger partial charge in [-0.15, -0.1) is 11.3 Å². The molecule has 2 rings (SSSR count). The summed E-state index contributed by atoms with van der Waals surface area (Å²) in [5.74, 6) is -1.16. The Kier molecular flexibility index (Phi) is 5.38. The Labute approximate surface area is 143 Å². The molecule has 1 aromatic carbocycles. The highest BCUT2D eigenvalue weighted by Crippen LogP contribution is 2.25. The second-order valence-electron chi connectivity index (χ2n) is 5.57. The molecule has 0 radical (unpaired) electrons. The number of carbonyl (C=O) groups excluding carboxylic acids is 1. The normalized spacial score (nSPS) is 11.3. The molecular weight excluding hydrogens is 336 g/mol. The fraction of sp³-hybridized carbons (Fsp3) is 0.312. The lowest BCUT2D eigenvalue weighted by Crippen LogP contribution is -2.40. The monoisotopic (exact) mass is 352 g/mol. The van der Waals surface area contributed by atoms with Gasteiger partial charge in [-0.1, -0.05) is 23.7 Å². The van der Waals surface area contributed by atoms with E-state index < -0.39 is 11.4 Å². The van der Waals surface area contributed by atoms with Crippen molar-refractivity contribution in [2.75, 3.05) is 6.54 Å². The molecule has 0 aliphatic carbocycles. The number of carbonyl (C=O) groups is 2. The summed E-state index contributed by atoms with van der Waals surface area (Å²) in [4.78, 5) is 27.2. The average Bonchev–Trinajstić information content (AvgIpc) is 2.96. The van der Waals surface area contributed by atoms with Gasteiger partial charge in [-0.2, -0.15) is 0 Å². The molecule has 0 spiro atoms. The van der Waals surface area contributed by atoms with Crippen LogP contribution in [0.15, 0.2) is 29.6 Å². The van der Waals surface area contributed by atoms with Gasteiger partial charge >= 0.3 is 5.97 Å². The molecule has 1 aromatic heterocycles. The molecule has 0 saturated heterocycles. The second kappa shape index (κ2) is 7.10. The van der Waals surface area contributed by atoms with E-state index in [4.69, 9.17) is 16.7 Å². The predicted octanol–water partition coefficient (Wildman–Crippen LogP) is 3.13. The number of aromatic nitrogens is 1. The Hall–Kier alpha value is -1.92. The molecule has 122 valence electrons. The molecule has 1 amide bonds. The fourth-order valence-electron chi connectivity index (χ4n) is 2.04. The molecule has 1 heterocycles. The first-order chi connectivity index (χ1) is 10.8. The smallest absolute Gasteiger partial charge is 0.355 e. The van der Waals surface area contributed by atoms with Crippen LogP contribution in [0.5, 0.6) is 0 Å². The number of nitrogens with zero attached hydrogens (tertiary/aromatic N) is 1. The summed E-state index contributed by atoms with van der Waals surface area (Å²) in [6.07, 6.45) is 0.495. The van der Waals surface area contributed by atoms with Crippen LogP contribution in [-0.2, 0) is 16.6 Å². The van der Waals surface area contributed by atoms with Crippen LogP contribution in [0.4, 0.5) is 0 Å². The Morgan fingerprint density at radius 1 is 1.39 bits per heavy atom. The Bertz CT molecular complexity index is 728. The van der Waals surface area contributed by atoms with E-state index in [1.807, 2.05) is 26.0 Å². The van der Waals surface area contributed by atoms with Gasteiger partial charge in [0.15, 0.2) is 5.69 Å². The van der Waals surface area contributed by atoms with E-state index in [0.29, 0.717) is 23.0 Å². The topological polar surface area (TPSA) is 79.3 Å². The molecule has 2 aromatic rings. The van der Waals surface area contributed by atoms with E-state index in [1.165, 1.54) is 16.7 Å². The number of nitrogens with one attached hydrogen (secondary N) is 1. The van der Waals surface area contributed by atoms with Crippen LogP contribution in [0.25, 0.3) is 0 Å². The van der Waals surface area contributed by atoms with Crippen molar-refractivity contribution in [3.63, 3.8) is 0 Å². The molecule has 0 saturated carbocycles. The minimum Gasteiger partial charge on any atom is -0.476 e. The summed E-state index contributed by atoms with van der Waals surface area (Å²) in [7, 11) is 0. The summed E-state index contributed by atoms with van der Waals surface area (Å²) in [6, 6.07) is 7.23. The van der Waals surface area contributed by atoms with Gasteiger partial charge in [0.2, 0.25) is 5.91 Å². The van der Waals surface area contributed by atoms with Crippen LogP contribution in [0.2, 0.25) is 5.02 Å². The van der Waals surface area contributed by atoms with E-state index in [1.54, 1.807) is 12.1 Å². The molecule has 0 fully saturated rings. The Balaban J connectivity index is 1.94. The van der Waals surface area contributed by atoms with Crippen LogP contribution in [-0.4, -0.2) is 28.5 Å². The van der Waals surface area contributed by atoms with Gasteiger partial charge in [0.25, 0.3) is 0 Å². The maximum absolute atomic E-state index is 12.4. The standard InChI is InChI=1S/C16H17ClN2O3S/c1-16(2,10-4-3-5-11(17)8-10)15(22)18-7-6-13-19-12(9-23-13)14(20)21/h3-5,8-9H,6-7H2,1-2H3,(H,18,22)(H,20,21). The number of hydrogen-bond acceptors (Lipinski definition) is 4. The number of carboxylic acids is 1. The fourth-order valence-corrected chi connectivity index (χ4v) is 3.00. The van der Waals surface area contributed by atoms with Crippen LogP contribution in [0.3, 0.4) is 0 Å². The number of amides is 1. The van der Waals surface area contributed by atoms with Crippen molar-refractivity contribution in [1.29, 1.82) is 0 Å². The number of hydrogen-bond donors (Lipinski definition) is 2. The molecule has 0 aliphatic rings. The highest BCUT2D eigenvalue weighted by Gasteiger charge is 2.29. The van der Waals surface area contributed by atoms with Crippen molar-refractivity contribution in [3.8, 4) is 0 Å². The predicted molar refractivity (Wildman–Crippen MR) is 90.3 cm³/mol. The minimum atomic E-state index is -1.04. The van der Waals surface area contributed by atoms with Gasteiger partial charge in [0.1, 0.15) is 0 Å².